The largest absolute Gasteiger partial charge is 0.412 e. The first kappa shape index (κ1) is 9.18. The van der Waals surface area contributed by atoms with Gasteiger partial charge < -0.3 is 4.43 Å². The molecule has 2 heteroatoms. The van der Waals surface area contributed by atoms with Gasteiger partial charge in [-0.3, -0.25) is 0 Å². The molecular weight excluding hydrogens is 128 g/mol. The third kappa shape index (κ3) is 6.06. The molecule has 0 heterocycles. The maximum atomic E-state index is 5.69. The van der Waals surface area contributed by atoms with E-state index in [1.807, 2.05) is 0 Å². The van der Waals surface area contributed by atoms with E-state index in [2.05, 4.69) is 34.2 Å². The van der Waals surface area contributed by atoms with E-state index in [9.17, 15) is 0 Å². The molecule has 0 amide bonds. The molecule has 0 aromatic rings. The molecule has 0 aliphatic rings. The van der Waals surface area contributed by atoms with Crippen molar-refractivity contribution in [1.82, 2.24) is 0 Å². The summed E-state index contributed by atoms with van der Waals surface area (Å²) in [6.07, 6.45) is 0. The average Bonchev–Trinajstić information content (AvgIpc) is 1.62. The highest BCUT2D eigenvalue weighted by molar-refractivity contribution is 6.50. The van der Waals surface area contributed by atoms with Gasteiger partial charge in [0.15, 0.2) is 0 Å². The first-order valence-corrected chi connectivity index (χ1v) is 5.58. The first-order valence-electron chi connectivity index (χ1n) is 3.47. The molecular formula is C7H17OSi. The van der Waals surface area contributed by atoms with Gasteiger partial charge in [-0.25, -0.2) is 0 Å². The lowest BCUT2D eigenvalue weighted by Gasteiger charge is -2.23. The normalized spacial score (nSPS) is 12.7. The zero-order chi connectivity index (χ0) is 7.49. The monoisotopic (exact) mass is 145 g/mol. The minimum Gasteiger partial charge on any atom is -0.412 e. The van der Waals surface area contributed by atoms with Crippen LogP contribution in [0.15, 0.2) is 0 Å². The summed E-state index contributed by atoms with van der Waals surface area (Å²) in [5.74, 6) is 0. The summed E-state index contributed by atoms with van der Waals surface area (Å²) in [6.45, 7) is 10.7. The topological polar surface area (TPSA) is 9.23 Å². The third-order valence-electron chi connectivity index (χ3n) is 0.978. The van der Waals surface area contributed by atoms with E-state index in [4.69, 9.17) is 4.43 Å². The van der Waals surface area contributed by atoms with Crippen LogP contribution in [0.3, 0.4) is 0 Å². The zero-order valence-corrected chi connectivity index (χ0v) is 8.12. The lowest BCUT2D eigenvalue weighted by molar-refractivity contribution is 0.130. The predicted molar refractivity (Wildman–Crippen MR) is 42.9 cm³/mol. The number of rotatable bonds is 2. The molecule has 0 fully saturated rings. The molecule has 1 radical (unpaired) electrons. The molecule has 9 heavy (non-hydrogen) atoms. The van der Waals surface area contributed by atoms with Crippen molar-refractivity contribution in [1.29, 1.82) is 0 Å². The Hall–Kier alpha value is 0.177. The van der Waals surface area contributed by atoms with Crippen LogP contribution in [0.5, 0.6) is 0 Å². The Kier molecular flexibility index (Phi) is 3.44. The highest BCUT2D eigenvalue weighted by atomic mass is 28.3. The van der Waals surface area contributed by atoms with Crippen molar-refractivity contribution in [3.05, 3.63) is 0 Å². The fourth-order valence-corrected chi connectivity index (χ4v) is 1.78. The lowest BCUT2D eigenvalue weighted by atomic mass is 10.2. The summed E-state index contributed by atoms with van der Waals surface area (Å²) in [4.78, 5) is 0. The van der Waals surface area contributed by atoms with E-state index in [0.29, 0.717) is 0 Å². The molecule has 0 aliphatic carbocycles. The van der Waals surface area contributed by atoms with Gasteiger partial charge in [0.05, 0.1) is 0 Å². The fraction of sp³-hybridized carbons (Fsp3) is 1.00. The van der Waals surface area contributed by atoms with Crippen molar-refractivity contribution in [3.8, 4) is 0 Å². The molecule has 0 N–H and O–H groups in total. The van der Waals surface area contributed by atoms with Crippen molar-refractivity contribution < 1.29 is 4.43 Å². The Bertz CT molecular complexity index is 75.5. The molecule has 0 unspecified atom stereocenters. The van der Waals surface area contributed by atoms with Gasteiger partial charge in [-0.1, -0.05) is 6.92 Å². The molecule has 1 nitrogen and oxygen atoms in total. The van der Waals surface area contributed by atoms with Crippen molar-refractivity contribution >= 4 is 9.04 Å². The smallest absolute Gasteiger partial charge is 0.208 e. The van der Waals surface area contributed by atoms with Gasteiger partial charge in [-0.05, 0) is 33.4 Å². The standard InChI is InChI=1S/C7H17OSi/c1-6-9(5)8-7(2,3)4/h6H2,1-5H3. The maximum Gasteiger partial charge on any atom is 0.208 e. The second kappa shape index (κ2) is 3.37. The first-order chi connectivity index (χ1) is 3.95. The van der Waals surface area contributed by atoms with E-state index in [0.717, 1.165) is 0 Å². The fourth-order valence-electron chi connectivity index (χ4n) is 0.595. The minimum atomic E-state index is -0.486. The van der Waals surface area contributed by atoms with Crippen LogP contribution in [-0.2, 0) is 4.43 Å². The van der Waals surface area contributed by atoms with Gasteiger partial charge in [0.1, 0.15) is 0 Å². The van der Waals surface area contributed by atoms with E-state index < -0.39 is 9.04 Å². The SMILES string of the molecule is CC[Si](C)OC(C)(C)C. The second-order valence-electron chi connectivity index (χ2n) is 3.27. The summed E-state index contributed by atoms with van der Waals surface area (Å²) in [5.41, 5.74) is 0.0685. The molecule has 0 saturated carbocycles. The van der Waals surface area contributed by atoms with Crippen LogP contribution in [0.2, 0.25) is 12.6 Å². The molecule has 55 valence electrons. The van der Waals surface area contributed by atoms with Crippen LogP contribution in [0.1, 0.15) is 27.7 Å². The van der Waals surface area contributed by atoms with Crippen LogP contribution in [-0.4, -0.2) is 14.6 Å². The Morgan fingerprint density at radius 1 is 1.33 bits per heavy atom. The molecule has 0 bridgehead atoms. The van der Waals surface area contributed by atoms with Gasteiger partial charge in [0.2, 0.25) is 9.04 Å². The van der Waals surface area contributed by atoms with Crippen LogP contribution in [0.25, 0.3) is 0 Å². The van der Waals surface area contributed by atoms with Gasteiger partial charge in [0.25, 0.3) is 0 Å². The molecule has 0 aromatic heterocycles. The van der Waals surface area contributed by atoms with Crippen LogP contribution in [0.4, 0.5) is 0 Å². The lowest BCUT2D eigenvalue weighted by Crippen LogP contribution is -2.27. The highest BCUT2D eigenvalue weighted by Crippen LogP contribution is 2.09. The number of hydrogen-bond acceptors (Lipinski definition) is 1. The second-order valence-corrected chi connectivity index (χ2v) is 5.59. The molecule has 0 rings (SSSR count). The van der Waals surface area contributed by atoms with Crippen molar-refractivity contribution in [2.45, 2.75) is 45.9 Å². The highest BCUT2D eigenvalue weighted by Gasteiger charge is 2.14. The molecule has 0 spiro atoms. The van der Waals surface area contributed by atoms with Crippen molar-refractivity contribution in [2.24, 2.45) is 0 Å². The quantitative estimate of drug-likeness (QED) is 0.542. The molecule has 0 aliphatic heterocycles. The van der Waals surface area contributed by atoms with E-state index in [1.165, 1.54) is 6.04 Å². The Morgan fingerprint density at radius 3 is 1.89 bits per heavy atom. The predicted octanol–water partition coefficient (Wildman–Crippen LogP) is 2.44. The van der Waals surface area contributed by atoms with E-state index in [1.54, 1.807) is 0 Å². The van der Waals surface area contributed by atoms with E-state index >= 15 is 0 Å². The number of hydrogen-bond donors (Lipinski definition) is 0. The summed E-state index contributed by atoms with van der Waals surface area (Å²) in [6, 6.07) is 1.20. The molecule has 0 aromatic carbocycles. The van der Waals surface area contributed by atoms with Crippen LogP contribution < -0.4 is 0 Å². The minimum absolute atomic E-state index is 0.0685. The Balaban J connectivity index is 3.47. The summed E-state index contributed by atoms with van der Waals surface area (Å²) < 4.78 is 5.69. The Morgan fingerprint density at radius 2 is 1.78 bits per heavy atom. The van der Waals surface area contributed by atoms with Crippen LogP contribution in [0, 0.1) is 0 Å². The summed E-state index contributed by atoms with van der Waals surface area (Å²) in [5, 5.41) is 0. The average molecular weight is 145 g/mol. The molecule has 0 atom stereocenters. The summed E-state index contributed by atoms with van der Waals surface area (Å²) >= 11 is 0. The van der Waals surface area contributed by atoms with Crippen molar-refractivity contribution in [2.75, 3.05) is 0 Å². The van der Waals surface area contributed by atoms with Gasteiger partial charge in [-0.2, -0.15) is 0 Å². The van der Waals surface area contributed by atoms with Crippen LogP contribution >= 0.6 is 0 Å². The van der Waals surface area contributed by atoms with Gasteiger partial charge >= 0.3 is 0 Å². The maximum absolute atomic E-state index is 5.69. The molecule has 0 saturated heterocycles. The van der Waals surface area contributed by atoms with Gasteiger partial charge in [-0.15, -0.1) is 0 Å². The van der Waals surface area contributed by atoms with Gasteiger partial charge in [0, 0.05) is 5.60 Å². The third-order valence-corrected chi connectivity index (χ3v) is 2.93. The zero-order valence-electron chi connectivity index (χ0n) is 7.12. The summed E-state index contributed by atoms with van der Waals surface area (Å²) in [7, 11) is -0.486. The van der Waals surface area contributed by atoms with Crippen molar-refractivity contribution in [3.63, 3.8) is 0 Å². The van der Waals surface area contributed by atoms with E-state index in [-0.39, 0.29) is 5.60 Å². The Labute approximate surface area is 60.1 Å².